The highest BCUT2D eigenvalue weighted by molar-refractivity contribution is 6.05. The summed E-state index contributed by atoms with van der Waals surface area (Å²) in [5.41, 5.74) is -0.181. The van der Waals surface area contributed by atoms with Crippen LogP contribution in [-0.4, -0.2) is 18.0 Å². The number of hydrogen-bond donors (Lipinski definition) is 1. The van der Waals surface area contributed by atoms with Crippen LogP contribution in [0.3, 0.4) is 0 Å². The van der Waals surface area contributed by atoms with Gasteiger partial charge in [0.25, 0.3) is 5.91 Å². The summed E-state index contributed by atoms with van der Waals surface area (Å²) in [6.45, 7) is 0. The molecule has 6 nitrogen and oxygen atoms in total. The summed E-state index contributed by atoms with van der Waals surface area (Å²) < 4.78 is 38.9. The van der Waals surface area contributed by atoms with Crippen LogP contribution >= 0.6 is 0 Å². The molecule has 0 fully saturated rings. The first kappa shape index (κ1) is 19.3. The lowest BCUT2D eigenvalue weighted by molar-refractivity contribution is 0.102. The Bertz CT molecular complexity index is 1300. The van der Waals surface area contributed by atoms with Gasteiger partial charge in [-0.25, -0.2) is 18.8 Å². The van der Waals surface area contributed by atoms with E-state index in [4.69, 9.17) is 9.15 Å². The molecule has 2 aromatic heterocycles. The molecule has 30 heavy (non-hydrogen) atoms. The lowest BCUT2D eigenvalue weighted by Gasteiger charge is -2.08. The van der Waals surface area contributed by atoms with Gasteiger partial charge < -0.3 is 14.5 Å². The number of carbonyl (C=O) groups excluding carboxylic acids is 1. The number of anilines is 1. The number of para-hydroxylation sites is 1. The van der Waals surface area contributed by atoms with Gasteiger partial charge >= 0.3 is 0 Å². The van der Waals surface area contributed by atoms with Crippen molar-refractivity contribution in [3.8, 4) is 5.75 Å². The standard InChI is InChI=1S/C22H15F2N3O3/c1-29-18-6-4-5-13-11-15(21(28)27-19-7-2-3-10-25-19)22(30-20(13)18)26-17-12-14(23)8-9-16(17)24/h2-12H,1H3,(H,25,27,28). The number of carbonyl (C=O) groups is 1. The number of benzene rings is 2. The van der Waals surface area contributed by atoms with E-state index in [1.54, 1.807) is 36.4 Å². The lowest BCUT2D eigenvalue weighted by atomic mass is 10.1. The fourth-order valence-corrected chi connectivity index (χ4v) is 2.83. The van der Waals surface area contributed by atoms with Crippen molar-refractivity contribution in [2.24, 2.45) is 4.99 Å². The Hall–Kier alpha value is -4.07. The minimum atomic E-state index is -0.761. The highest BCUT2D eigenvalue weighted by Gasteiger charge is 2.16. The third kappa shape index (κ3) is 3.88. The van der Waals surface area contributed by atoms with Crippen molar-refractivity contribution in [3.63, 3.8) is 0 Å². The fraction of sp³-hybridized carbons (Fsp3) is 0.0455. The summed E-state index contributed by atoms with van der Waals surface area (Å²) >= 11 is 0. The minimum Gasteiger partial charge on any atom is -0.493 e. The van der Waals surface area contributed by atoms with Crippen LogP contribution in [0.4, 0.5) is 20.3 Å². The molecule has 4 rings (SSSR count). The average molecular weight is 407 g/mol. The second-order valence-electron chi connectivity index (χ2n) is 6.22. The normalized spacial score (nSPS) is 11.5. The molecule has 0 spiro atoms. The maximum Gasteiger partial charge on any atom is 0.262 e. The molecule has 2 heterocycles. The molecule has 0 saturated heterocycles. The zero-order valence-electron chi connectivity index (χ0n) is 15.7. The fourth-order valence-electron chi connectivity index (χ4n) is 2.83. The van der Waals surface area contributed by atoms with Crippen LogP contribution in [0.15, 0.2) is 76.3 Å². The Kier molecular flexibility index (Phi) is 5.21. The Morgan fingerprint density at radius 2 is 1.97 bits per heavy atom. The minimum absolute atomic E-state index is 0.0186. The van der Waals surface area contributed by atoms with E-state index in [-0.39, 0.29) is 16.8 Å². The largest absolute Gasteiger partial charge is 0.493 e. The first-order valence-electron chi connectivity index (χ1n) is 8.88. The number of amides is 1. The summed E-state index contributed by atoms with van der Waals surface area (Å²) in [5.74, 6) is -1.29. The van der Waals surface area contributed by atoms with Crippen molar-refractivity contribution >= 4 is 28.4 Å². The van der Waals surface area contributed by atoms with Crippen molar-refractivity contribution < 1.29 is 22.7 Å². The number of ether oxygens (including phenoxy) is 1. The lowest BCUT2D eigenvalue weighted by Crippen LogP contribution is -2.22. The van der Waals surface area contributed by atoms with Gasteiger partial charge in [0.05, 0.1) is 7.11 Å². The van der Waals surface area contributed by atoms with Crippen LogP contribution in [0.2, 0.25) is 0 Å². The van der Waals surface area contributed by atoms with Crippen molar-refractivity contribution in [2.75, 3.05) is 12.4 Å². The summed E-state index contributed by atoms with van der Waals surface area (Å²) in [4.78, 5) is 21.0. The van der Waals surface area contributed by atoms with Crippen molar-refractivity contribution in [2.45, 2.75) is 0 Å². The molecule has 0 radical (unpaired) electrons. The molecule has 1 amide bonds. The van der Waals surface area contributed by atoms with Crippen molar-refractivity contribution in [1.29, 1.82) is 0 Å². The van der Waals surface area contributed by atoms with E-state index in [9.17, 15) is 13.6 Å². The maximum atomic E-state index is 14.2. The summed E-state index contributed by atoms with van der Waals surface area (Å²) in [5, 5.41) is 3.20. The first-order valence-corrected chi connectivity index (χ1v) is 8.88. The zero-order valence-corrected chi connectivity index (χ0v) is 15.7. The topological polar surface area (TPSA) is 76.7 Å². The van der Waals surface area contributed by atoms with Gasteiger partial charge in [0.1, 0.15) is 28.7 Å². The van der Waals surface area contributed by atoms with E-state index in [0.29, 0.717) is 22.5 Å². The van der Waals surface area contributed by atoms with E-state index in [1.165, 1.54) is 19.4 Å². The van der Waals surface area contributed by atoms with Gasteiger partial charge in [-0.05, 0) is 36.4 Å². The molecule has 0 atom stereocenters. The van der Waals surface area contributed by atoms with Crippen molar-refractivity contribution in [1.82, 2.24) is 4.98 Å². The molecule has 0 aliphatic heterocycles. The highest BCUT2D eigenvalue weighted by Crippen LogP contribution is 2.25. The van der Waals surface area contributed by atoms with E-state index < -0.39 is 17.5 Å². The van der Waals surface area contributed by atoms with Gasteiger partial charge in [-0.2, -0.15) is 0 Å². The van der Waals surface area contributed by atoms with E-state index >= 15 is 0 Å². The Labute approximate surface area is 169 Å². The first-order chi connectivity index (χ1) is 14.5. The van der Waals surface area contributed by atoms with Gasteiger partial charge in [0.2, 0.25) is 5.55 Å². The van der Waals surface area contributed by atoms with Crippen LogP contribution in [0, 0.1) is 11.6 Å². The number of fused-ring (bicyclic) bond motifs is 1. The van der Waals surface area contributed by atoms with Gasteiger partial charge in [-0.3, -0.25) is 4.79 Å². The third-order valence-electron chi connectivity index (χ3n) is 4.24. The number of halogens is 2. The molecule has 0 aliphatic carbocycles. The quantitative estimate of drug-likeness (QED) is 0.536. The number of pyridine rings is 1. The van der Waals surface area contributed by atoms with Crippen LogP contribution in [0.25, 0.3) is 11.0 Å². The Morgan fingerprint density at radius 3 is 2.73 bits per heavy atom. The van der Waals surface area contributed by atoms with Gasteiger partial charge in [0.15, 0.2) is 11.3 Å². The molecule has 0 bridgehead atoms. The number of aromatic nitrogens is 1. The summed E-state index contributed by atoms with van der Waals surface area (Å²) in [6.07, 6.45) is 1.53. The second-order valence-corrected chi connectivity index (χ2v) is 6.22. The van der Waals surface area contributed by atoms with Crippen LogP contribution in [0.1, 0.15) is 10.4 Å². The number of nitrogens with zero attached hydrogens (tertiary/aromatic N) is 2. The smallest absolute Gasteiger partial charge is 0.262 e. The maximum absolute atomic E-state index is 14.2. The highest BCUT2D eigenvalue weighted by atomic mass is 19.1. The SMILES string of the molecule is COc1cccc2cc(C(=O)Nc3ccccn3)c(=Nc3cc(F)ccc3F)oc12. The number of nitrogens with one attached hydrogen (secondary N) is 1. The molecule has 2 aromatic carbocycles. The summed E-state index contributed by atoms with van der Waals surface area (Å²) in [6, 6.07) is 14.5. The van der Waals surface area contributed by atoms with E-state index in [0.717, 1.165) is 18.2 Å². The van der Waals surface area contributed by atoms with Crippen LogP contribution < -0.4 is 15.6 Å². The monoisotopic (exact) mass is 407 g/mol. The number of rotatable bonds is 4. The van der Waals surface area contributed by atoms with Gasteiger partial charge in [-0.15, -0.1) is 0 Å². The molecule has 150 valence electrons. The predicted molar refractivity (Wildman–Crippen MR) is 107 cm³/mol. The van der Waals surface area contributed by atoms with E-state index in [2.05, 4.69) is 15.3 Å². The van der Waals surface area contributed by atoms with Crippen molar-refractivity contribution in [3.05, 3.63) is 89.6 Å². The molecular weight excluding hydrogens is 392 g/mol. The summed E-state index contributed by atoms with van der Waals surface area (Å²) in [7, 11) is 1.47. The average Bonchev–Trinajstić information content (AvgIpc) is 2.76. The molecule has 1 N–H and O–H groups in total. The number of methoxy groups -OCH3 is 1. The van der Waals surface area contributed by atoms with Gasteiger partial charge in [0, 0.05) is 17.6 Å². The molecular formula is C22H15F2N3O3. The molecule has 0 unspecified atom stereocenters. The van der Waals surface area contributed by atoms with Crippen LogP contribution in [-0.2, 0) is 0 Å². The Balaban J connectivity index is 1.93. The molecule has 4 aromatic rings. The predicted octanol–water partition coefficient (Wildman–Crippen LogP) is 4.60. The Morgan fingerprint density at radius 1 is 1.10 bits per heavy atom. The molecule has 0 aliphatic rings. The van der Waals surface area contributed by atoms with Gasteiger partial charge in [-0.1, -0.05) is 18.2 Å². The molecule has 8 heteroatoms. The number of hydrogen-bond acceptors (Lipinski definition) is 5. The molecule has 0 saturated carbocycles. The third-order valence-corrected chi connectivity index (χ3v) is 4.24. The van der Waals surface area contributed by atoms with Crippen LogP contribution in [0.5, 0.6) is 5.75 Å². The second kappa shape index (κ2) is 8.12. The zero-order chi connectivity index (χ0) is 21.1. The van der Waals surface area contributed by atoms with E-state index in [1.807, 2.05) is 0 Å².